The van der Waals surface area contributed by atoms with Gasteiger partial charge in [-0.1, -0.05) is 0 Å². The summed E-state index contributed by atoms with van der Waals surface area (Å²) in [5.41, 5.74) is 4.65. The second-order valence-corrected chi connectivity index (χ2v) is 4.93. The van der Waals surface area contributed by atoms with Crippen molar-refractivity contribution in [2.24, 2.45) is 0 Å². The van der Waals surface area contributed by atoms with Gasteiger partial charge >= 0.3 is 12.1 Å². The summed E-state index contributed by atoms with van der Waals surface area (Å²) in [7, 11) is 1.40. The number of carboxylic acids is 1. The number of rotatable bonds is 4. The van der Waals surface area contributed by atoms with E-state index in [1.165, 1.54) is 19.2 Å². The predicted molar refractivity (Wildman–Crippen MR) is 80.6 cm³/mol. The maximum absolute atomic E-state index is 12.7. The van der Waals surface area contributed by atoms with Crippen molar-refractivity contribution in [1.29, 1.82) is 0 Å². The number of ether oxygens (including phenoxy) is 2. The Labute approximate surface area is 135 Å². The highest BCUT2D eigenvalue weighted by atomic mass is 19.4. The number of aromatic carboxylic acids is 1. The molecule has 0 unspecified atom stereocenters. The summed E-state index contributed by atoms with van der Waals surface area (Å²) in [6.45, 7) is 1.57. The Balaban J connectivity index is 2.50. The molecule has 0 atom stereocenters. The summed E-state index contributed by atoms with van der Waals surface area (Å²) < 4.78 is 48.6. The fraction of sp³-hybridized carbons (Fsp3) is 0.188. The van der Waals surface area contributed by atoms with Crippen LogP contribution in [-0.2, 0) is 6.18 Å². The Kier molecular flexibility index (Phi) is 4.59. The number of alkyl halides is 3. The average Bonchev–Trinajstić information content (AvgIpc) is 2.49. The first-order valence-electron chi connectivity index (χ1n) is 6.70. The lowest BCUT2D eigenvalue weighted by Crippen LogP contribution is -2.07. The number of nitrogen functional groups attached to an aromatic ring is 1. The maximum Gasteiger partial charge on any atom is 0.416 e. The second kappa shape index (κ2) is 6.31. The lowest BCUT2D eigenvalue weighted by atomic mass is 10.1. The van der Waals surface area contributed by atoms with Crippen molar-refractivity contribution in [3.63, 3.8) is 0 Å². The molecule has 0 saturated heterocycles. The van der Waals surface area contributed by atoms with Gasteiger partial charge in [-0.3, -0.25) is 0 Å². The molecule has 0 aliphatic carbocycles. The third-order valence-electron chi connectivity index (χ3n) is 3.36. The third-order valence-corrected chi connectivity index (χ3v) is 3.36. The zero-order valence-electron chi connectivity index (χ0n) is 12.8. The van der Waals surface area contributed by atoms with E-state index in [1.54, 1.807) is 6.92 Å². The van der Waals surface area contributed by atoms with Gasteiger partial charge in [-0.25, -0.2) is 4.79 Å². The molecule has 24 heavy (non-hydrogen) atoms. The Morgan fingerprint density at radius 2 is 1.79 bits per heavy atom. The highest BCUT2D eigenvalue weighted by Gasteiger charge is 2.31. The van der Waals surface area contributed by atoms with Gasteiger partial charge in [-0.2, -0.15) is 13.2 Å². The normalized spacial score (nSPS) is 11.2. The fourth-order valence-electron chi connectivity index (χ4n) is 2.12. The third kappa shape index (κ3) is 3.37. The van der Waals surface area contributed by atoms with Gasteiger partial charge in [0.15, 0.2) is 0 Å². The molecule has 3 N–H and O–H groups in total. The molecule has 0 aliphatic heterocycles. The predicted octanol–water partition coefficient (Wildman–Crippen LogP) is 4.10. The van der Waals surface area contributed by atoms with Gasteiger partial charge < -0.3 is 20.3 Å². The fourth-order valence-corrected chi connectivity index (χ4v) is 2.12. The molecule has 0 spiro atoms. The van der Waals surface area contributed by atoms with Crippen LogP contribution in [0.3, 0.4) is 0 Å². The monoisotopic (exact) mass is 341 g/mol. The van der Waals surface area contributed by atoms with Gasteiger partial charge in [0.05, 0.1) is 18.4 Å². The van der Waals surface area contributed by atoms with E-state index in [4.69, 9.17) is 15.2 Å². The Morgan fingerprint density at radius 1 is 1.17 bits per heavy atom. The molecule has 0 fully saturated rings. The summed E-state index contributed by atoms with van der Waals surface area (Å²) >= 11 is 0. The average molecular weight is 341 g/mol. The summed E-state index contributed by atoms with van der Waals surface area (Å²) in [4.78, 5) is 11.3. The van der Waals surface area contributed by atoms with Gasteiger partial charge in [0.25, 0.3) is 0 Å². The number of halogens is 3. The molecule has 0 aromatic heterocycles. The minimum absolute atomic E-state index is 0.0479. The molecular weight excluding hydrogens is 327 g/mol. The molecule has 128 valence electrons. The summed E-state index contributed by atoms with van der Waals surface area (Å²) in [6, 6.07) is 5.32. The second-order valence-electron chi connectivity index (χ2n) is 4.93. The van der Waals surface area contributed by atoms with E-state index in [9.17, 15) is 23.1 Å². The van der Waals surface area contributed by atoms with Crippen molar-refractivity contribution in [2.75, 3.05) is 12.8 Å². The van der Waals surface area contributed by atoms with Gasteiger partial charge in [-0.15, -0.1) is 0 Å². The number of hydrogen-bond acceptors (Lipinski definition) is 4. The van der Waals surface area contributed by atoms with Crippen LogP contribution in [0.15, 0.2) is 30.3 Å². The van der Waals surface area contributed by atoms with Crippen LogP contribution in [0.25, 0.3) is 0 Å². The number of carboxylic acid groups (broad SMARTS) is 1. The van der Waals surface area contributed by atoms with Crippen LogP contribution in [0.4, 0.5) is 18.9 Å². The highest BCUT2D eigenvalue weighted by molar-refractivity contribution is 5.92. The molecule has 2 aromatic rings. The van der Waals surface area contributed by atoms with E-state index in [0.29, 0.717) is 11.3 Å². The lowest BCUT2D eigenvalue weighted by Gasteiger charge is -2.16. The van der Waals surface area contributed by atoms with Gasteiger partial charge in [-0.05, 0) is 37.3 Å². The zero-order chi connectivity index (χ0) is 18.1. The maximum atomic E-state index is 12.7. The zero-order valence-corrected chi connectivity index (χ0v) is 12.8. The van der Waals surface area contributed by atoms with E-state index >= 15 is 0 Å². The molecule has 2 rings (SSSR count). The number of nitrogens with two attached hydrogens (primary N) is 1. The standard InChI is InChI=1S/C16H14F3NO4/c1-8-12(23-2)6-4-10(15(21)22)14(8)24-13-5-3-9(7-11(13)20)16(17,18)19/h3-7H,20H2,1-2H3,(H,21,22). The van der Waals surface area contributed by atoms with Crippen molar-refractivity contribution in [3.8, 4) is 17.2 Å². The molecule has 5 nitrogen and oxygen atoms in total. The molecule has 8 heteroatoms. The minimum Gasteiger partial charge on any atom is -0.496 e. The van der Waals surface area contributed by atoms with Crippen LogP contribution in [0.2, 0.25) is 0 Å². The molecule has 2 aromatic carbocycles. The molecule has 0 aliphatic rings. The van der Waals surface area contributed by atoms with Crippen LogP contribution in [0.1, 0.15) is 21.5 Å². The van der Waals surface area contributed by atoms with Crippen LogP contribution in [-0.4, -0.2) is 18.2 Å². The first-order chi connectivity index (χ1) is 11.1. The molecule has 0 saturated carbocycles. The molecule has 0 amide bonds. The van der Waals surface area contributed by atoms with Gasteiger partial charge in [0.2, 0.25) is 0 Å². The Hall–Kier alpha value is -2.90. The van der Waals surface area contributed by atoms with E-state index in [2.05, 4.69) is 0 Å². The highest BCUT2D eigenvalue weighted by Crippen LogP contribution is 2.39. The Bertz CT molecular complexity index is 788. The molecule has 0 bridgehead atoms. The number of methoxy groups -OCH3 is 1. The quantitative estimate of drug-likeness (QED) is 0.819. The Morgan fingerprint density at radius 3 is 2.29 bits per heavy atom. The van der Waals surface area contributed by atoms with Crippen LogP contribution in [0, 0.1) is 6.92 Å². The number of benzene rings is 2. The lowest BCUT2D eigenvalue weighted by molar-refractivity contribution is -0.137. The van der Waals surface area contributed by atoms with Crippen LogP contribution in [0.5, 0.6) is 17.2 Å². The van der Waals surface area contributed by atoms with Crippen molar-refractivity contribution >= 4 is 11.7 Å². The molecular formula is C16H14F3NO4. The van der Waals surface area contributed by atoms with Crippen LogP contribution >= 0.6 is 0 Å². The van der Waals surface area contributed by atoms with Gasteiger partial charge in [0, 0.05) is 5.56 Å². The largest absolute Gasteiger partial charge is 0.496 e. The topological polar surface area (TPSA) is 81.8 Å². The molecule has 0 heterocycles. The smallest absolute Gasteiger partial charge is 0.416 e. The van der Waals surface area contributed by atoms with Crippen molar-refractivity contribution in [1.82, 2.24) is 0 Å². The number of anilines is 1. The van der Waals surface area contributed by atoms with E-state index < -0.39 is 17.7 Å². The van der Waals surface area contributed by atoms with Gasteiger partial charge in [0.1, 0.15) is 22.8 Å². The van der Waals surface area contributed by atoms with Crippen molar-refractivity contribution < 1.29 is 32.5 Å². The van der Waals surface area contributed by atoms with E-state index in [-0.39, 0.29) is 22.7 Å². The number of carbonyl (C=O) groups is 1. The van der Waals surface area contributed by atoms with Crippen LogP contribution < -0.4 is 15.2 Å². The molecule has 0 radical (unpaired) electrons. The summed E-state index contributed by atoms with van der Waals surface area (Å²) in [6.07, 6.45) is -4.54. The SMILES string of the molecule is COc1ccc(C(=O)O)c(Oc2ccc(C(F)(F)F)cc2N)c1C. The minimum atomic E-state index is -4.54. The van der Waals surface area contributed by atoms with Crippen molar-refractivity contribution in [2.45, 2.75) is 13.1 Å². The van der Waals surface area contributed by atoms with E-state index in [1.807, 2.05) is 0 Å². The first kappa shape index (κ1) is 17.5. The van der Waals surface area contributed by atoms with E-state index in [0.717, 1.165) is 18.2 Å². The van der Waals surface area contributed by atoms with Crippen molar-refractivity contribution in [3.05, 3.63) is 47.0 Å². The number of hydrogen-bond donors (Lipinski definition) is 2. The first-order valence-corrected chi connectivity index (χ1v) is 6.70. The summed E-state index contributed by atoms with van der Waals surface area (Å²) in [5.74, 6) is -1.00. The summed E-state index contributed by atoms with van der Waals surface area (Å²) in [5, 5.41) is 9.25.